The Kier molecular flexibility index (Phi) is 5.27. The van der Waals surface area contributed by atoms with Gasteiger partial charge < -0.3 is 10.8 Å². The van der Waals surface area contributed by atoms with Crippen LogP contribution in [0.2, 0.25) is 0 Å². The first kappa shape index (κ1) is 17.0. The van der Waals surface area contributed by atoms with Gasteiger partial charge in [-0.15, -0.1) is 12.4 Å². The fraction of sp³-hybridized carbons (Fsp3) is 0.400. The van der Waals surface area contributed by atoms with Gasteiger partial charge in [0.2, 0.25) is 0 Å². The number of hydrogen-bond acceptors (Lipinski definition) is 3. The molecule has 10 heteroatoms. The van der Waals surface area contributed by atoms with Crippen molar-refractivity contribution < 1.29 is 53.4 Å². The summed E-state index contributed by atoms with van der Waals surface area (Å²) in [6.45, 7) is -2.70. The van der Waals surface area contributed by atoms with Gasteiger partial charge in [-0.25, -0.2) is 9.78 Å². The molecule has 0 N–H and O–H groups in total. The third-order valence-electron chi connectivity index (χ3n) is 2.27. The molecule has 0 spiro atoms. The van der Waals surface area contributed by atoms with Gasteiger partial charge in [-0.2, -0.15) is 22.7 Å². The molecule has 5 nitrogen and oxygen atoms in total. The number of aromatic nitrogens is 4. The maximum absolute atomic E-state index is 13.4. The fourth-order valence-electron chi connectivity index (χ4n) is 1.58. The van der Waals surface area contributed by atoms with E-state index in [4.69, 9.17) is 0 Å². The van der Waals surface area contributed by atoms with Crippen LogP contribution in [-0.4, -0.2) is 26.2 Å². The van der Waals surface area contributed by atoms with E-state index >= 15 is 0 Å². The molecule has 108 valence electrons. The van der Waals surface area contributed by atoms with Crippen LogP contribution in [0, 0.1) is 37.2 Å². The van der Waals surface area contributed by atoms with Crippen molar-refractivity contribution >= 4 is 0 Å². The maximum Gasteiger partial charge on any atom is 0.387 e. The van der Waals surface area contributed by atoms with Crippen molar-refractivity contribution in [3.63, 3.8) is 0 Å². The summed E-state index contributed by atoms with van der Waals surface area (Å²) in [6, 6.07) is 2.56. The average molecular weight is 515 g/mol. The number of rotatable bonds is 4. The van der Waals surface area contributed by atoms with Crippen LogP contribution in [0.25, 0.3) is 5.82 Å². The normalized spacial score (nSPS) is 11.6. The molecular formula is C10H9F4N4OU-. The van der Waals surface area contributed by atoms with Crippen molar-refractivity contribution in [3.8, 4) is 11.6 Å². The standard InChI is InChI=1S/C10H9F4N4O.U/c1-10(13,14)7-6(19-9(11)12)8(17(2)16-7)18-5-3-4-15-18;/h4-5,9H,1-2H3;/q-1;. The van der Waals surface area contributed by atoms with Crippen LogP contribution in [0.1, 0.15) is 12.6 Å². The van der Waals surface area contributed by atoms with Gasteiger partial charge in [0.05, 0.1) is 0 Å². The van der Waals surface area contributed by atoms with Crippen LogP contribution in [0.4, 0.5) is 17.6 Å². The minimum Gasteiger partial charge on any atom is -0.432 e. The second-order valence-electron chi connectivity index (χ2n) is 3.78. The van der Waals surface area contributed by atoms with E-state index < -0.39 is 24.0 Å². The molecule has 0 aliphatic heterocycles. The van der Waals surface area contributed by atoms with E-state index in [1.54, 1.807) is 0 Å². The predicted molar refractivity (Wildman–Crippen MR) is 55.4 cm³/mol. The number of ether oxygens (including phenoxy) is 1. The van der Waals surface area contributed by atoms with Crippen LogP contribution < -0.4 is 4.74 Å². The number of nitrogens with zero attached hydrogens (tertiary/aromatic N) is 4. The molecule has 0 fully saturated rings. The molecule has 2 aromatic heterocycles. The van der Waals surface area contributed by atoms with Crippen molar-refractivity contribution in [2.75, 3.05) is 0 Å². The summed E-state index contributed by atoms with van der Waals surface area (Å²) < 4.78 is 57.7. The summed E-state index contributed by atoms with van der Waals surface area (Å²) >= 11 is 0. The van der Waals surface area contributed by atoms with Crippen LogP contribution in [0.5, 0.6) is 5.75 Å². The Labute approximate surface area is 135 Å². The van der Waals surface area contributed by atoms with Gasteiger partial charge in [0.25, 0.3) is 5.92 Å². The average Bonchev–Trinajstić information content (AvgIpc) is 2.84. The van der Waals surface area contributed by atoms with Crippen molar-refractivity contribution in [1.29, 1.82) is 0 Å². The molecule has 0 aromatic carbocycles. The van der Waals surface area contributed by atoms with Gasteiger partial charge in [-0.05, 0) is 0 Å². The molecule has 0 amide bonds. The van der Waals surface area contributed by atoms with Gasteiger partial charge in [0, 0.05) is 45.1 Å². The van der Waals surface area contributed by atoms with Crippen LogP contribution >= 0.6 is 0 Å². The van der Waals surface area contributed by atoms with Gasteiger partial charge in [0.1, 0.15) is 0 Å². The second-order valence-corrected chi connectivity index (χ2v) is 3.78. The Hall–Kier alpha value is -1.01. The molecule has 20 heavy (non-hydrogen) atoms. The zero-order valence-electron chi connectivity index (χ0n) is 10.4. The van der Waals surface area contributed by atoms with E-state index in [9.17, 15) is 17.6 Å². The van der Waals surface area contributed by atoms with E-state index in [1.165, 1.54) is 19.4 Å². The third-order valence-corrected chi connectivity index (χ3v) is 2.27. The molecule has 0 unspecified atom stereocenters. The monoisotopic (exact) mass is 515 g/mol. The molecule has 0 saturated heterocycles. The molecule has 2 aromatic rings. The molecule has 0 atom stereocenters. The number of aryl methyl sites for hydroxylation is 1. The zero-order chi connectivity index (χ0) is 14.2. The van der Waals surface area contributed by atoms with E-state index in [0.717, 1.165) is 9.36 Å². The smallest absolute Gasteiger partial charge is 0.387 e. The van der Waals surface area contributed by atoms with Crippen molar-refractivity contribution in [3.05, 3.63) is 24.2 Å². The zero-order valence-corrected chi connectivity index (χ0v) is 14.6. The first-order chi connectivity index (χ1) is 8.80. The van der Waals surface area contributed by atoms with Crippen molar-refractivity contribution in [2.45, 2.75) is 19.5 Å². The Morgan fingerprint density at radius 2 is 2.05 bits per heavy atom. The first-order valence-corrected chi connectivity index (χ1v) is 5.12. The van der Waals surface area contributed by atoms with Gasteiger partial charge in [-0.3, -0.25) is 4.68 Å². The largest absolute Gasteiger partial charge is 0.432 e. The van der Waals surface area contributed by atoms with Gasteiger partial charge in [0.15, 0.2) is 17.3 Å². The van der Waals surface area contributed by atoms with E-state index in [-0.39, 0.29) is 36.9 Å². The Bertz CT molecular complexity index is 565. The molecule has 2 heterocycles. The van der Waals surface area contributed by atoms with E-state index in [2.05, 4.69) is 21.0 Å². The molecule has 0 aliphatic carbocycles. The minimum atomic E-state index is -3.42. The summed E-state index contributed by atoms with van der Waals surface area (Å²) in [5.74, 6) is -4.25. The number of alkyl halides is 4. The topological polar surface area (TPSA) is 44.9 Å². The van der Waals surface area contributed by atoms with Crippen molar-refractivity contribution in [2.24, 2.45) is 7.05 Å². The SMILES string of the molecule is Cn1nc(C(C)(F)F)c(OC(F)F)c1-n1c[c-]cn1.[U]. The fourth-order valence-corrected chi connectivity index (χ4v) is 1.58. The summed E-state index contributed by atoms with van der Waals surface area (Å²) in [5, 5.41) is 7.27. The molecule has 0 aliphatic rings. The third kappa shape index (κ3) is 3.35. The minimum absolute atomic E-state index is 0. The van der Waals surface area contributed by atoms with Crippen LogP contribution in [0.15, 0.2) is 12.4 Å². The number of halogens is 4. The summed E-state index contributed by atoms with van der Waals surface area (Å²) in [6.07, 6.45) is 2.54. The van der Waals surface area contributed by atoms with Crippen molar-refractivity contribution in [1.82, 2.24) is 19.6 Å². The number of hydrogen-bond donors (Lipinski definition) is 0. The van der Waals surface area contributed by atoms with Crippen LogP contribution in [0.3, 0.4) is 0 Å². The molecular weight excluding hydrogens is 506 g/mol. The Balaban J connectivity index is 0.00000200. The Morgan fingerprint density at radius 3 is 2.50 bits per heavy atom. The summed E-state index contributed by atoms with van der Waals surface area (Å²) in [5.41, 5.74) is -0.874. The Morgan fingerprint density at radius 1 is 1.40 bits per heavy atom. The molecule has 0 radical (unpaired) electrons. The van der Waals surface area contributed by atoms with Gasteiger partial charge >= 0.3 is 6.61 Å². The molecule has 0 bridgehead atoms. The summed E-state index contributed by atoms with van der Waals surface area (Å²) in [4.78, 5) is 0. The summed E-state index contributed by atoms with van der Waals surface area (Å²) in [7, 11) is 1.32. The van der Waals surface area contributed by atoms with Gasteiger partial charge in [-0.1, -0.05) is 0 Å². The first-order valence-electron chi connectivity index (χ1n) is 5.12. The quantitative estimate of drug-likeness (QED) is 0.463. The van der Waals surface area contributed by atoms with E-state index in [1.807, 2.05) is 0 Å². The maximum atomic E-state index is 13.4. The van der Waals surface area contributed by atoms with Crippen LogP contribution in [-0.2, 0) is 13.0 Å². The predicted octanol–water partition coefficient (Wildman–Crippen LogP) is 2.12. The molecule has 0 saturated carbocycles. The van der Waals surface area contributed by atoms with E-state index in [0.29, 0.717) is 6.92 Å². The molecule has 2 rings (SSSR count). The second kappa shape index (κ2) is 6.18.